The molecule has 8 heteroatoms. The quantitative estimate of drug-likeness (QED) is 0.788. The Hall–Kier alpha value is -2.87. The second-order valence-electron chi connectivity index (χ2n) is 7.66. The monoisotopic (exact) mass is 441 g/mol. The van der Waals surface area contributed by atoms with Crippen molar-refractivity contribution in [3.05, 3.63) is 71.5 Å². The number of amides is 3. The van der Waals surface area contributed by atoms with Crippen LogP contribution in [0.15, 0.2) is 54.6 Å². The standard InChI is InChI=1S/C23H24FN3O3S/c24-18-9-5-4-8-17(18)14-20-21(28)25-19(15-31-20)23(30)27-12-10-26(11-13-27)22(29)16-6-2-1-3-7-16/h1-9,19-20H,10-15H2,(H,25,28)/t19-,20-/m1/s1. The van der Waals surface area contributed by atoms with E-state index in [0.717, 1.165) is 0 Å². The van der Waals surface area contributed by atoms with Gasteiger partial charge in [0, 0.05) is 37.5 Å². The molecule has 0 aromatic heterocycles. The Bertz CT molecular complexity index is 964. The molecule has 2 heterocycles. The molecule has 2 aliphatic rings. The third kappa shape index (κ3) is 4.90. The Morgan fingerprint density at radius 3 is 2.29 bits per heavy atom. The van der Waals surface area contributed by atoms with Crippen LogP contribution in [0.3, 0.4) is 0 Å². The van der Waals surface area contributed by atoms with E-state index in [-0.39, 0.29) is 23.5 Å². The van der Waals surface area contributed by atoms with Gasteiger partial charge in [0.2, 0.25) is 11.8 Å². The lowest BCUT2D eigenvalue weighted by Crippen LogP contribution is -2.59. The van der Waals surface area contributed by atoms with Crippen molar-refractivity contribution in [2.75, 3.05) is 31.9 Å². The van der Waals surface area contributed by atoms with E-state index in [0.29, 0.717) is 49.5 Å². The van der Waals surface area contributed by atoms with Gasteiger partial charge in [-0.25, -0.2) is 4.39 Å². The first-order valence-electron chi connectivity index (χ1n) is 10.3. The molecule has 3 amide bonds. The lowest BCUT2D eigenvalue weighted by Gasteiger charge is -2.38. The smallest absolute Gasteiger partial charge is 0.253 e. The predicted molar refractivity (Wildman–Crippen MR) is 117 cm³/mol. The average molecular weight is 442 g/mol. The number of halogens is 1. The Morgan fingerprint density at radius 2 is 1.61 bits per heavy atom. The minimum atomic E-state index is -0.592. The molecule has 1 N–H and O–H groups in total. The van der Waals surface area contributed by atoms with Gasteiger partial charge in [0.25, 0.3) is 5.91 Å². The Labute approximate surface area is 184 Å². The van der Waals surface area contributed by atoms with Crippen LogP contribution in [0.2, 0.25) is 0 Å². The fourth-order valence-corrected chi connectivity index (χ4v) is 5.02. The Kier molecular flexibility index (Phi) is 6.56. The summed E-state index contributed by atoms with van der Waals surface area (Å²) in [6.07, 6.45) is 0.296. The number of hydrogen-bond acceptors (Lipinski definition) is 4. The van der Waals surface area contributed by atoms with Gasteiger partial charge in [0.05, 0.1) is 5.25 Å². The summed E-state index contributed by atoms with van der Waals surface area (Å²) in [5.74, 6) is -0.276. The van der Waals surface area contributed by atoms with E-state index in [4.69, 9.17) is 0 Å². The normalized spacial score (nSPS) is 21.5. The highest BCUT2D eigenvalue weighted by Crippen LogP contribution is 2.24. The number of nitrogens with one attached hydrogen (secondary N) is 1. The number of benzene rings is 2. The summed E-state index contributed by atoms with van der Waals surface area (Å²) in [6.45, 7) is 1.80. The lowest BCUT2D eigenvalue weighted by atomic mass is 10.1. The van der Waals surface area contributed by atoms with E-state index < -0.39 is 11.3 Å². The molecule has 0 spiro atoms. The summed E-state index contributed by atoms with van der Waals surface area (Å²) in [6, 6.07) is 14.9. The molecule has 0 aliphatic carbocycles. The first-order chi connectivity index (χ1) is 15.0. The lowest BCUT2D eigenvalue weighted by molar-refractivity contribution is -0.137. The predicted octanol–water partition coefficient (Wildman–Crippen LogP) is 1.95. The van der Waals surface area contributed by atoms with Gasteiger partial charge in [-0.3, -0.25) is 14.4 Å². The van der Waals surface area contributed by atoms with Gasteiger partial charge in [0.15, 0.2) is 0 Å². The number of hydrogen-bond donors (Lipinski definition) is 1. The summed E-state index contributed by atoms with van der Waals surface area (Å²) in [7, 11) is 0. The first kappa shape index (κ1) is 21.4. The molecule has 6 nitrogen and oxygen atoms in total. The molecule has 0 unspecified atom stereocenters. The minimum Gasteiger partial charge on any atom is -0.343 e. The molecule has 0 saturated carbocycles. The number of carbonyl (C=O) groups excluding carboxylic acids is 3. The van der Waals surface area contributed by atoms with Crippen LogP contribution < -0.4 is 5.32 Å². The molecule has 2 fully saturated rings. The Morgan fingerprint density at radius 1 is 0.968 bits per heavy atom. The van der Waals surface area contributed by atoms with Crippen molar-refractivity contribution in [2.24, 2.45) is 0 Å². The molecule has 2 aliphatic heterocycles. The van der Waals surface area contributed by atoms with Crippen LogP contribution in [-0.4, -0.2) is 70.7 Å². The number of rotatable bonds is 4. The largest absolute Gasteiger partial charge is 0.343 e. The van der Waals surface area contributed by atoms with Gasteiger partial charge >= 0.3 is 0 Å². The zero-order chi connectivity index (χ0) is 21.8. The number of nitrogens with zero attached hydrogens (tertiary/aromatic N) is 2. The molecule has 162 valence electrons. The SMILES string of the molecule is O=C1N[C@@H](C(=O)N2CCN(C(=O)c3ccccc3)CC2)CS[C@@H]1Cc1ccccc1F. The van der Waals surface area contributed by atoms with Gasteiger partial charge in [0.1, 0.15) is 11.9 Å². The van der Waals surface area contributed by atoms with Gasteiger partial charge in [-0.15, -0.1) is 11.8 Å². The van der Waals surface area contributed by atoms with Crippen molar-refractivity contribution in [2.45, 2.75) is 17.7 Å². The highest BCUT2D eigenvalue weighted by molar-refractivity contribution is 8.00. The van der Waals surface area contributed by atoms with E-state index in [1.807, 2.05) is 18.2 Å². The fourth-order valence-electron chi connectivity index (χ4n) is 3.86. The maximum atomic E-state index is 13.9. The molecule has 0 radical (unpaired) electrons. The van der Waals surface area contributed by atoms with Crippen molar-refractivity contribution >= 4 is 29.5 Å². The van der Waals surface area contributed by atoms with Crippen LogP contribution in [0.25, 0.3) is 0 Å². The molecule has 2 atom stereocenters. The van der Waals surface area contributed by atoms with Crippen molar-refractivity contribution < 1.29 is 18.8 Å². The summed E-state index contributed by atoms with van der Waals surface area (Å²) in [5, 5.41) is 2.39. The summed E-state index contributed by atoms with van der Waals surface area (Å²) >= 11 is 1.39. The Balaban J connectivity index is 1.29. The topological polar surface area (TPSA) is 69.7 Å². The van der Waals surface area contributed by atoms with E-state index >= 15 is 0 Å². The molecular weight excluding hydrogens is 417 g/mol. The van der Waals surface area contributed by atoms with Crippen molar-refractivity contribution in [3.63, 3.8) is 0 Å². The second-order valence-corrected chi connectivity index (χ2v) is 8.90. The second kappa shape index (κ2) is 9.51. The van der Waals surface area contributed by atoms with Gasteiger partial charge < -0.3 is 15.1 Å². The molecule has 2 saturated heterocycles. The van der Waals surface area contributed by atoms with Gasteiger partial charge in [-0.05, 0) is 30.2 Å². The highest BCUT2D eigenvalue weighted by Gasteiger charge is 2.36. The minimum absolute atomic E-state index is 0.0368. The van der Waals surface area contributed by atoms with Gasteiger partial charge in [-0.1, -0.05) is 36.4 Å². The van der Waals surface area contributed by atoms with E-state index in [2.05, 4.69) is 5.32 Å². The van der Waals surface area contributed by atoms with Crippen molar-refractivity contribution in [1.29, 1.82) is 0 Å². The highest BCUT2D eigenvalue weighted by atomic mass is 32.2. The summed E-state index contributed by atoms with van der Waals surface area (Å²) in [5.41, 5.74) is 1.14. The van der Waals surface area contributed by atoms with Crippen LogP contribution in [0, 0.1) is 5.82 Å². The molecule has 0 bridgehead atoms. The van der Waals surface area contributed by atoms with Gasteiger partial charge in [-0.2, -0.15) is 0 Å². The van der Waals surface area contributed by atoms with Crippen LogP contribution in [-0.2, 0) is 16.0 Å². The maximum Gasteiger partial charge on any atom is 0.253 e. The van der Waals surface area contributed by atoms with Crippen molar-refractivity contribution in [1.82, 2.24) is 15.1 Å². The third-order valence-electron chi connectivity index (χ3n) is 5.63. The van der Waals surface area contributed by atoms with Crippen LogP contribution in [0.4, 0.5) is 4.39 Å². The number of piperazine rings is 1. The zero-order valence-electron chi connectivity index (χ0n) is 17.0. The average Bonchev–Trinajstić information content (AvgIpc) is 2.81. The number of carbonyl (C=O) groups is 3. The first-order valence-corrected chi connectivity index (χ1v) is 11.4. The van der Waals surface area contributed by atoms with Crippen molar-refractivity contribution in [3.8, 4) is 0 Å². The molecule has 2 aromatic rings. The van der Waals surface area contributed by atoms with Crippen LogP contribution in [0.1, 0.15) is 15.9 Å². The van der Waals surface area contributed by atoms with E-state index in [1.54, 1.807) is 40.1 Å². The van der Waals surface area contributed by atoms with Crippen LogP contribution >= 0.6 is 11.8 Å². The van der Waals surface area contributed by atoms with E-state index in [9.17, 15) is 18.8 Å². The molecular formula is C23H24FN3O3S. The van der Waals surface area contributed by atoms with Crippen LogP contribution in [0.5, 0.6) is 0 Å². The number of thioether (sulfide) groups is 1. The summed E-state index contributed by atoms with van der Waals surface area (Å²) < 4.78 is 13.9. The third-order valence-corrected chi connectivity index (χ3v) is 6.94. The molecule has 4 rings (SSSR count). The summed E-state index contributed by atoms with van der Waals surface area (Å²) in [4.78, 5) is 41.4. The zero-order valence-corrected chi connectivity index (χ0v) is 17.8. The van der Waals surface area contributed by atoms with E-state index in [1.165, 1.54) is 17.8 Å². The molecule has 2 aromatic carbocycles. The fraction of sp³-hybridized carbons (Fsp3) is 0.348. The maximum absolute atomic E-state index is 13.9. The molecule has 31 heavy (non-hydrogen) atoms.